The first-order valence-electron chi connectivity index (χ1n) is 7.89. The fraction of sp³-hybridized carbons (Fsp3) is 0.933. The van der Waals surface area contributed by atoms with Gasteiger partial charge in [0.1, 0.15) is 0 Å². The molecule has 0 radical (unpaired) electrons. The zero-order chi connectivity index (χ0) is 14.1. The maximum absolute atomic E-state index is 11.9. The Bertz CT molecular complexity index is 252. The predicted molar refractivity (Wildman–Crippen MR) is 80.3 cm³/mol. The minimum atomic E-state index is 0.312. The Morgan fingerprint density at radius 1 is 1.32 bits per heavy atom. The SMILES string of the molecule is CCN(CC)C(=O)CCCN1CCCCC1CNC. The van der Waals surface area contributed by atoms with Crippen LogP contribution < -0.4 is 5.32 Å². The van der Waals surface area contributed by atoms with E-state index in [4.69, 9.17) is 0 Å². The van der Waals surface area contributed by atoms with Crippen molar-refractivity contribution in [3.8, 4) is 0 Å². The number of carbonyl (C=O) groups excluding carboxylic acids is 1. The molecule has 0 saturated carbocycles. The van der Waals surface area contributed by atoms with E-state index in [0.29, 0.717) is 18.4 Å². The molecule has 4 nitrogen and oxygen atoms in total. The summed E-state index contributed by atoms with van der Waals surface area (Å²) in [7, 11) is 2.02. The summed E-state index contributed by atoms with van der Waals surface area (Å²) in [6.45, 7) is 9.11. The van der Waals surface area contributed by atoms with Gasteiger partial charge in [-0.25, -0.2) is 0 Å². The molecule has 1 unspecified atom stereocenters. The van der Waals surface area contributed by atoms with E-state index in [2.05, 4.69) is 24.1 Å². The molecule has 0 spiro atoms. The van der Waals surface area contributed by atoms with Gasteiger partial charge in [-0.05, 0) is 53.2 Å². The lowest BCUT2D eigenvalue weighted by atomic mass is 10.0. The van der Waals surface area contributed by atoms with Crippen molar-refractivity contribution in [1.29, 1.82) is 0 Å². The number of hydrogen-bond donors (Lipinski definition) is 1. The zero-order valence-electron chi connectivity index (χ0n) is 13.0. The van der Waals surface area contributed by atoms with E-state index in [9.17, 15) is 4.79 Å². The molecule has 1 rings (SSSR count). The highest BCUT2D eigenvalue weighted by molar-refractivity contribution is 5.76. The van der Waals surface area contributed by atoms with E-state index in [1.807, 2.05) is 11.9 Å². The van der Waals surface area contributed by atoms with Gasteiger partial charge in [-0.1, -0.05) is 6.42 Å². The molecule has 1 fully saturated rings. The number of piperidine rings is 1. The van der Waals surface area contributed by atoms with Gasteiger partial charge in [-0.3, -0.25) is 9.69 Å². The van der Waals surface area contributed by atoms with E-state index in [1.165, 1.54) is 25.8 Å². The fourth-order valence-corrected chi connectivity index (χ4v) is 2.99. The Balaban J connectivity index is 2.28. The van der Waals surface area contributed by atoms with Crippen molar-refractivity contribution >= 4 is 5.91 Å². The highest BCUT2D eigenvalue weighted by atomic mass is 16.2. The summed E-state index contributed by atoms with van der Waals surface area (Å²) in [5.41, 5.74) is 0. The summed E-state index contributed by atoms with van der Waals surface area (Å²) in [4.78, 5) is 16.4. The number of rotatable bonds is 8. The lowest BCUT2D eigenvalue weighted by Gasteiger charge is -2.35. The fourth-order valence-electron chi connectivity index (χ4n) is 2.99. The number of likely N-dealkylation sites (tertiary alicyclic amines) is 1. The van der Waals surface area contributed by atoms with E-state index in [1.54, 1.807) is 0 Å². The van der Waals surface area contributed by atoms with Gasteiger partial charge in [-0.15, -0.1) is 0 Å². The third kappa shape index (κ3) is 5.49. The molecule has 1 N–H and O–H groups in total. The smallest absolute Gasteiger partial charge is 0.222 e. The molecule has 1 atom stereocenters. The zero-order valence-corrected chi connectivity index (χ0v) is 13.0. The summed E-state index contributed by atoms with van der Waals surface area (Å²) < 4.78 is 0. The summed E-state index contributed by atoms with van der Waals surface area (Å²) in [6, 6.07) is 0.669. The van der Waals surface area contributed by atoms with Crippen molar-refractivity contribution in [3.05, 3.63) is 0 Å². The number of carbonyl (C=O) groups is 1. The number of likely N-dealkylation sites (N-methyl/N-ethyl adjacent to an activating group) is 1. The number of nitrogens with zero attached hydrogens (tertiary/aromatic N) is 2. The normalized spacial score (nSPS) is 20.5. The minimum absolute atomic E-state index is 0.312. The van der Waals surface area contributed by atoms with Crippen molar-refractivity contribution in [2.24, 2.45) is 0 Å². The highest BCUT2D eigenvalue weighted by Crippen LogP contribution is 2.17. The van der Waals surface area contributed by atoms with Crippen LogP contribution in [-0.4, -0.2) is 61.5 Å². The Morgan fingerprint density at radius 2 is 2.05 bits per heavy atom. The van der Waals surface area contributed by atoms with Crippen LogP contribution in [-0.2, 0) is 4.79 Å². The summed E-state index contributed by atoms with van der Waals surface area (Å²) in [6.07, 6.45) is 5.65. The van der Waals surface area contributed by atoms with E-state index in [-0.39, 0.29) is 0 Å². The van der Waals surface area contributed by atoms with Gasteiger partial charge in [0.05, 0.1) is 0 Å². The number of amides is 1. The Kier molecular flexibility index (Phi) is 8.07. The van der Waals surface area contributed by atoms with Crippen LogP contribution in [0.3, 0.4) is 0 Å². The maximum atomic E-state index is 11.9. The second-order valence-corrected chi connectivity index (χ2v) is 5.41. The standard InChI is InChI=1S/C15H31N3O/c1-4-17(5-2)15(19)10-8-12-18-11-7-6-9-14(18)13-16-3/h14,16H,4-13H2,1-3H3. The molecule has 112 valence electrons. The van der Waals surface area contributed by atoms with Crippen molar-refractivity contribution in [2.45, 2.75) is 52.0 Å². The van der Waals surface area contributed by atoms with Gasteiger partial charge in [0, 0.05) is 32.1 Å². The lowest BCUT2D eigenvalue weighted by molar-refractivity contribution is -0.131. The van der Waals surface area contributed by atoms with Crippen LogP contribution >= 0.6 is 0 Å². The van der Waals surface area contributed by atoms with Gasteiger partial charge in [0.25, 0.3) is 0 Å². The van der Waals surface area contributed by atoms with Crippen molar-refractivity contribution in [1.82, 2.24) is 15.1 Å². The van der Waals surface area contributed by atoms with Crippen molar-refractivity contribution in [2.75, 3.05) is 39.8 Å². The molecule has 0 aliphatic carbocycles. The largest absolute Gasteiger partial charge is 0.343 e. The van der Waals surface area contributed by atoms with Crippen LogP contribution in [0, 0.1) is 0 Å². The van der Waals surface area contributed by atoms with E-state index < -0.39 is 0 Å². The Labute approximate surface area is 118 Å². The molecule has 1 saturated heterocycles. The average molecular weight is 269 g/mol. The van der Waals surface area contributed by atoms with Crippen LogP contribution in [0.15, 0.2) is 0 Å². The van der Waals surface area contributed by atoms with Crippen LogP contribution in [0.4, 0.5) is 0 Å². The molecule has 0 bridgehead atoms. The maximum Gasteiger partial charge on any atom is 0.222 e. The minimum Gasteiger partial charge on any atom is -0.343 e. The third-order valence-corrected chi connectivity index (χ3v) is 4.14. The Morgan fingerprint density at radius 3 is 2.68 bits per heavy atom. The van der Waals surface area contributed by atoms with Gasteiger partial charge in [0.15, 0.2) is 0 Å². The molecule has 19 heavy (non-hydrogen) atoms. The molecule has 0 aromatic rings. The monoisotopic (exact) mass is 269 g/mol. The van der Waals surface area contributed by atoms with Crippen molar-refractivity contribution in [3.63, 3.8) is 0 Å². The Hall–Kier alpha value is -0.610. The van der Waals surface area contributed by atoms with Crippen LogP contribution in [0.5, 0.6) is 0 Å². The second kappa shape index (κ2) is 9.32. The first-order valence-corrected chi connectivity index (χ1v) is 7.89. The number of nitrogens with one attached hydrogen (secondary N) is 1. The lowest BCUT2D eigenvalue weighted by Crippen LogP contribution is -2.45. The topological polar surface area (TPSA) is 35.6 Å². The predicted octanol–water partition coefficient (Wildman–Crippen LogP) is 1.71. The second-order valence-electron chi connectivity index (χ2n) is 5.41. The average Bonchev–Trinajstić information content (AvgIpc) is 2.42. The first kappa shape index (κ1) is 16.4. The molecule has 4 heteroatoms. The molecule has 1 aliphatic heterocycles. The van der Waals surface area contributed by atoms with Gasteiger partial charge >= 0.3 is 0 Å². The quantitative estimate of drug-likeness (QED) is 0.728. The summed E-state index contributed by atoms with van der Waals surface area (Å²) in [5.74, 6) is 0.312. The molecule has 1 aliphatic rings. The van der Waals surface area contributed by atoms with Gasteiger partial charge < -0.3 is 10.2 Å². The van der Waals surface area contributed by atoms with Crippen LogP contribution in [0.2, 0.25) is 0 Å². The molecular weight excluding hydrogens is 238 g/mol. The first-order chi connectivity index (χ1) is 9.22. The van der Waals surface area contributed by atoms with Crippen LogP contribution in [0.25, 0.3) is 0 Å². The summed E-state index contributed by atoms with van der Waals surface area (Å²) >= 11 is 0. The molecule has 1 amide bonds. The number of hydrogen-bond acceptors (Lipinski definition) is 3. The summed E-state index contributed by atoms with van der Waals surface area (Å²) in [5, 5.41) is 3.29. The molecule has 1 heterocycles. The highest BCUT2D eigenvalue weighted by Gasteiger charge is 2.21. The van der Waals surface area contributed by atoms with Crippen LogP contribution in [0.1, 0.15) is 46.0 Å². The van der Waals surface area contributed by atoms with Crippen molar-refractivity contribution < 1.29 is 4.79 Å². The van der Waals surface area contributed by atoms with Gasteiger partial charge in [0.2, 0.25) is 5.91 Å². The molecule has 0 aromatic carbocycles. The van der Waals surface area contributed by atoms with Gasteiger partial charge in [-0.2, -0.15) is 0 Å². The molecule has 0 aromatic heterocycles. The van der Waals surface area contributed by atoms with E-state index in [0.717, 1.165) is 32.6 Å². The third-order valence-electron chi connectivity index (χ3n) is 4.14. The molecular formula is C15H31N3O. The van der Waals surface area contributed by atoms with E-state index >= 15 is 0 Å².